The molecule has 2 aromatic rings. The Kier molecular flexibility index (Phi) is 6.78. The molecule has 9 nitrogen and oxygen atoms in total. The molecule has 1 unspecified atom stereocenters. The molecule has 1 aromatic carbocycles. The van der Waals surface area contributed by atoms with Crippen molar-refractivity contribution < 1.29 is 18.8 Å². The van der Waals surface area contributed by atoms with Crippen molar-refractivity contribution in [2.75, 3.05) is 11.1 Å². The van der Waals surface area contributed by atoms with Crippen LogP contribution in [0.15, 0.2) is 61.8 Å². The van der Waals surface area contributed by atoms with E-state index in [4.69, 9.17) is 4.42 Å². The molecular formula is C19H16BrN5O4S2. The first-order valence-corrected chi connectivity index (χ1v) is 11.8. The Hall–Kier alpha value is -2.57. The fourth-order valence-corrected chi connectivity index (χ4v) is 4.78. The van der Waals surface area contributed by atoms with Gasteiger partial charge in [-0.3, -0.25) is 19.3 Å². The first-order valence-electron chi connectivity index (χ1n) is 9.12. The van der Waals surface area contributed by atoms with E-state index in [0.717, 1.165) is 16.2 Å². The van der Waals surface area contributed by atoms with Crippen LogP contribution in [-0.2, 0) is 20.9 Å². The number of carbonyl (C=O) groups excluding carboxylic acids is 3. The normalized spacial score (nSPS) is 21.2. The van der Waals surface area contributed by atoms with Crippen LogP contribution in [0, 0.1) is 0 Å². The van der Waals surface area contributed by atoms with E-state index in [1.807, 2.05) is 12.1 Å². The van der Waals surface area contributed by atoms with E-state index >= 15 is 0 Å². The molecule has 1 atom stereocenters. The average molecular weight is 522 g/mol. The summed E-state index contributed by atoms with van der Waals surface area (Å²) in [5.41, 5.74) is 0.644. The second kappa shape index (κ2) is 9.71. The quantitative estimate of drug-likeness (QED) is 0.564. The molecule has 2 N–H and O–H groups in total. The largest absolute Gasteiger partial charge is 0.467 e. The number of amidine groups is 2. The fourth-order valence-electron chi connectivity index (χ4n) is 2.80. The number of hydrogen-bond donors (Lipinski definition) is 2. The maximum absolute atomic E-state index is 13.0. The SMILES string of the molecule is O=C1CS/C(=N/N=C2/SC(CC(=O)Nc3ccc(Br)cc3)C(=O)N2Cc2ccco2)N1. The van der Waals surface area contributed by atoms with Crippen LogP contribution in [0.2, 0.25) is 0 Å². The summed E-state index contributed by atoms with van der Waals surface area (Å²) in [5, 5.41) is 13.7. The predicted molar refractivity (Wildman–Crippen MR) is 123 cm³/mol. The lowest BCUT2D eigenvalue weighted by Gasteiger charge is -2.14. The smallest absolute Gasteiger partial charge is 0.243 e. The summed E-state index contributed by atoms with van der Waals surface area (Å²) in [6.45, 7) is 0.173. The Bertz CT molecular complexity index is 1060. The van der Waals surface area contributed by atoms with Gasteiger partial charge in [0, 0.05) is 16.6 Å². The van der Waals surface area contributed by atoms with Crippen LogP contribution in [0.1, 0.15) is 12.2 Å². The molecule has 2 aliphatic rings. The minimum Gasteiger partial charge on any atom is -0.467 e. The Morgan fingerprint density at radius 2 is 2.06 bits per heavy atom. The maximum Gasteiger partial charge on any atom is 0.243 e. The molecule has 2 saturated heterocycles. The maximum atomic E-state index is 13.0. The first-order chi connectivity index (χ1) is 15.0. The predicted octanol–water partition coefficient (Wildman–Crippen LogP) is 3.00. The third-order valence-corrected chi connectivity index (χ3v) is 6.78. The van der Waals surface area contributed by atoms with E-state index in [9.17, 15) is 14.4 Å². The topological polar surface area (TPSA) is 116 Å². The third-order valence-electron chi connectivity index (χ3n) is 4.23. The van der Waals surface area contributed by atoms with Crippen LogP contribution in [0.3, 0.4) is 0 Å². The van der Waals surface area contributed by atoms with Gasteiger partial charge in [0.1, 0.15) is 11.0 Å². The van der Waals surface area contributed by atoms with E-state index in [1.54, 1.807) is 24.3 Å². The average Bonchev–Trinajstić information content (AvgIpc) is 3.46. The summed E-state index contributed by atoms with van der Waals surface area (Å²) < 4.78 is 6.25. The molecule has 0 radical (unpaired) electrons. The van der Waals surface area contributed by atoms with Gasteiger partial charge in [0.05, 0.1) is 18.6 Å². The monoisotopic (exact) mass is 521 g/mol. The molecule has 160 valence electrons. The zero-order valence-electron chi connectivity index (χ0n) is 15.9. The molecule has 0 saturated carbocycles. The number of thioether (sulfide) groups is 2. The van der Waals surface area contributed by atoms with Crippen molar-refractivity contribution in [2.24, 2.45) is 10.2 Å². The Morgan fingerprint density at radius 3 is 2.74 bits per heavy atom. The van der Waals surface area contributed by atoms with Crippen LogP contribution in [0.5, 0.6) is 0 Å². The van der Waals surface area contributed by atoms with Gasteiger partial charge >= 0.3 is 0 Å². The highest BCUT2D eigenvalue weighted by Crippen LogP contribution is 2.31. The first kappa shape index (κ1) is 21.7. The number of amides is 3. The van der Waals surface area contributed by atoms with Crippen molar-refractivity contribution >= 4 is 73.2 Å². The minimum absolute atomic E-state index is 0.0186. The Morgan fingerprint density at radius 1 is 1.26 bits per heavy atom. The molecule has 0 aliphatic carbocycles. The number of anilines is 1. The van der Waals surface area contributed by atoms with Crippen LogP contribution in [-0.4, -0.2) is 44.0 Å². The van der Waals surface area contributed by atoms with Crippen LogP contribution >= 0.6 is 39.5 Å². The van der Waals surface area contributed by atoms with Gasteiger partial charge in [-0.2, -0.15) is 0 Å². The number of hydrogen-bond acceptors (Lipinski definition) is 8. The summed E-state index contributed by atoms with van der Waals surface area (Å²) in [7, 11) is 0. The summed E-state index contributed by atoms with van der Waals surface area (Å²) >= 11 is 5.75. The number of carbonyl (C=O) groups is 3. The van der Waals surface area contributed by atoms with E-state index in [-0.39, 0.29) is 36.4 Å². The highest BCUT2D eigenvalue weighted by Gasteiger charge is 2.40. The summed E-state index contributed by atoms with van der Waals surface area (Å²) in [6, 6.07) is 10.7. The van der Waals surface area contributed by atoms with Crippen molar-refractivity contribution in [3.63, 3.8) is 0 Å². The van der Waals surface area contributed by atoms with Crippen molar-refractivity contribution in [1.29, 1.82) is 0 Å². The lowest BCUT2D eigenvalue weighted by atomic mass is 10.2. The molecular weight excluding hydrogens is 506 g/mol. The number of furan rings is 1. The zero-order chi connectivity index (χ0) is 21.8. The minimum atomic E-state index is -0.643. The van der Waals surface area contributed by atoms with E-state index < -0.39 is 5.25 Å². The van der Waals surface area contributed by atoms with E-state index in [0.29, 0.717) is 21.8 Å². The standard InChI is InChI=1S/C19H16BrN5O4S2/c20-11-3-5-12(6-4-11)21-15(26)8-14-17(28)25(9-13-2-1-7-29-13)19(31-14)24-23-18-22-16(27)10-30-18/h1-7,14H,8-10H2,(H,21,26)(H,22,23,27)/b24-19+. The van der Waals surface area contributed by atoms with Gasteiger partial charge in [-0.25, -0.2) is 0 Å². The summed E-state index contributed by atoms with van der Waals surface area (Å²) in [4.78, 5) is 38.3. The van der Waals surface area contributed by atoms with Gasteiger partial charge in [-0.05, 0) is 36.4 Å². The summed E-state index contributed by atoms with van der Waals surface area (Å²) in [6.07, 6.45) is 1.50. The van der Waals surface area contributed by atoms with Gasteiger partial charge in [0.15, 0.2) is 10.3 Å². The fraction of sp³-hybridized carbons (Fsp3) is 0.211. The van der Waals surface area contributed by atoms with Gasteiger partial charge in [0.25, 0.3) is 0 Å². The molecule has 31 heavy (non-hydrogen) atoms. The second-order valence-corrected chi connectivity index (χ2v) is 9.54. The molecule has 4 rings (SSSR count). The zero-order valence-corrected chi connectivity index (χ0v) is 19.1. The van der Waals surface area contributed by atoms with Gasteiger partial charge < -0.3 is 15.1 Å². The lowest BCUT2D eigenvalue weighted by molar-refractivity contribution is -0.128. The third kappa shape index (κ3) is 5.57. The van der Waals surface area contributed by atoms with Crippen LogP contribution in [0.4, 0.5) is 5.69 Å². The second-order valence-electron chi connectivity index (χ2n) is 6.49. The number of benzene rings is 1. The number of halogens is 1. The van der Waals surface area contributed by atoms with Crippen molar-refractivity contribution in [2.45, 2.75) is 18.2 Å². The van der Waals surface area contributed by atoms with Gasteiger partial charge in [-0.15, -0.1) is 10.2 Å². The van der Waals surface area contributed by atoms with Gasteiger partial charge in [-0.1, -0.05) is 39.5 Å². The molecule has 2 aliphatic heterocycles. The molecule has 3 heterocycles. The summed E-state index contributed by atoms with van der Waals surface area (Å²) in [5.74, 6) is 0.184. The number of nitrogens with zero attached hydrogens (tertiary/aromatic N) is 3. The number of nitrogens with one attached hydrogen (secondary N) is 2. The Labute approximate surface area is 194 Å². The highest BCUT2D eigenvalue weighted by molar-refractivity contribution is 9.10. The van der Waals surface area contributed by atoms with Crippen LogP contribution < -0.4 is 10.6 Å². The molecule has 1 aromatic heterocycles. The van der Waals surface area contributed by atoms with Crippen molar-refractivity contribution in [3.05, 3.63) is 52.9 Å². The Balaban J connectivity index is 1.48. The number of rotatable bonds is 6. The van der Waals surface area contributed by atoms with E-state index in [1.165, 1.54) is 22.9 Å². The van der Waals surface area contributed by atoms with Gasteiger partial charge in [0.2, 0.25) is 17.7 Å². The molecule has 3 amide bonds. The van der Waals surface area contributed by atoms with E-state index in [2.05, 4.69) is 36.8 Å². The van der Waals surface area contributed by atoms with Crippen molar-refractivity contribution in [1.82, 2.24) is 10.2 Å². The molecule has 2 fully saturated rings. The lowest BCUT2D eigenvalue weighted by Crippen LogP contribution is -2.33. The molecule has 12 heteroatoms. The molecule has 0 spiro atoms. The molecule has 0 bridgehead atoms. The highest BCUT2D eigenvalue weighted by atomic mass is 79.9. The van der Waals surface area contributed by atoms with Crippen molar-refractivity contribution in [3.8, 4) is 0 Å². The van der Waals surface area contributed by atoms with Crippen LogP contribution in [0.25, 0.3) is 0 Å².